The van der Waals surface area contributed by atoms with Gasteiger partial charge in [-0.2, -0.15) is 23.4 Å². The molecule has 3 aliphatic rings. The summed E-state index contributed by atoms with van der Waals surface area (Å²) < 4.78 is 50.8. The molecule has 0 bridgehead atoms. The summed E-state index contributed by atoms with van der Waals surface area (Å²) in [4.78, 5) is 32.5. The lowest BCUT2D eigenvalue weighted by atomic mass is 10.0. The highest BCUT2D eigenvalue weighted by Gasteiger charge is 2.38. The van der Waals surface area contributed by atoms with Crippen LogP contribution in [0.3, 0.4) is 0 Å². The van der Waals surface area contributed by atoms with Gasteiger partial charge in [-0.15, -0.1) is 0 Å². The number of hydrogen-bond donors (Lipinski definition) is 1. The molecule has 14 heteroatoms. The van der Waals surface area contributed by atoms with Crippen LogP contribution in [0.1, 0.15) is 35.5 Å². The van der Waals surface area contributed by atoms with Gasteiger partial charge in [0.05, 0.1) is 25.5 Å². The van der Waals surface area contributed by atoms with Crippen LogP contribution >= 0.6 is 0 Å². The molecule has 2 aromatic rings. The van der Waals surface area contributed by atoms with Crippen molar-refractivity contribution in [3.63, 3.8) is 0 Å². The molecule has 0 radical (unpaired) electrons. The van der Waals surface area contributed by atoms with Crippen molar-refractivity contribution in [2.24, 2.45) is 0 Å². The number of amides is 1. The monoisotopic (exact) mass is 530 g/mol. The number of rotatable bonds is 6. The van der Waals surface area contributed by atoms with Gasteiger partial charge in [-0.05, 0) is 25.3 Å². The predicted molar refractivity (Wildman–Crippen MR) is 127 cm³/mol. The van der Waals surface area contributed by atoms with Crippen molar-refractivity contribution in [3.8, 4) is 11.9 Å². The molecule has 1 amide bonds. The summed E-state index contributed by atoms with van der Waals surface area (Å²) in [5.41, 5.74) is 0.457. The summed E-state index contributed by atoms with van der Waals surface area (Å²) in [7, 11) is 0. The Morgan fingerprint density at radius 2 is 2.11 bits per heavy atom. The van der Waals surface area contributed by atoms with Crippen LogP contribution in [0, 0.1) is 11.3 Å². The number of alkyl halides is 3. The second-order valence-corrected chi connectivity index (χ2v) is 9.24. The van der Waals surface area contributed by atoms with E-state index in [2.05, 4.69) is 31.8 Å². The lowest BCUT2D eigenvalue weighted by Gasteiger charge is -2.37. The molecule has 0 unspecified atom stereocenters. The van der Waals surface area contributed by atoms with Crippen molar-refractivity contribution in [2.75, 3.05) is 43.1 Å². The number of hydrogen-bond acceptors (Lipinski definition) is 10. The SMILES string of the molecule is C=CC(=O)N1CCc2c(nc(C#N)nc2N2CCC[C@@H](Nc3ncc(C(F)(F)F)c(OC4COC4)n3)C2)C1. The van der Waals surface area contributed by atoms with Gasteiger partial charge in [0.15, 0.2) is 0 Å². The van der Waals surface area contributed by atoms with Crippen molar-refractivity contribution in [3.05, 3.63) is 41.5 Å². The number of halogens is 3. The highest BCUT2D eigenvalue weighted by atomic mass is 19.4. The number of carbonyl (C=O) groups is 1. The molecule has 2 fully saturated rings. The second kappa shape index (κ2) is 10.4. The number of fused-ring (bicyclic) bond motifs is 1. The molecule has 1 atom stereocenters. The molecule has 2 aromatic heterocycles. The van der Waals surface area contributed by atoms with Gasteiger partial charge in [-0.1, -0.05) is 6.58 Å². The van der Waals surface area contributed by atoms with E-state index in [1.807, 2.05) is 11.0 Å². The molecule has 200 valence electrons. The number of piperidine rings is 1. The number of carbonyl (C=O) groups excluding carboxylic acids is 1. The number of nitriles is 1. The van der Waals surface area contributed by atoms with E-state index in [4.69, 9.17) is 9.47 Å². The van der Waals surface area contributed by atoms with Crippen LogP contribution < -0.4 is 15.0 Å². The van der Waals surface area contributed by atoms with Crippen molar-refractivity contribution in [2.45, 2.75) is 44.1 Å². The first-order valence-electron chi connectivity index (χ1n) is 12.2. The van der Waals surface area contributed by atoms with E-state index in [1.54, 1.807) is 4.90 Å². The van der Waals surface area contributed by atoms with Gasteiger partial charge < -0.3 is 24.6 Å². The zero-order chi connectivity index (χ0) is 26.9. The third kappa shape index (κ3) is 5.33. The van der Waals surface area contributed by atoms with Crippen LogP contribution in [-0.4, -0.2) is 75.7 Å². The summed E-state index contributed by atoms with van der Waals surface area (Å²) >= 11 is 0. The molecule has 3 aliphatic heterocycles. The Morgan fingerprint density at radius 3 is 2.79 bits per heavy atom. The maximum Gasteiger partial charge on any atom is 0.423 e. The molecule has 11 nitrogen and oxygen atoms in total. The minimum atomic E-state index is -4.66. The predicted octanol–water partition coefficient (Wildman–Crippen LogP) is 2.09. The van der Waals surface area contributed by atoms with E-state index in [0.29, 0.717) is 37.6 Å². The molecule has 38 heavy (non-hydrogen) atoms. The molecule has 0 aliphatic carbocycles. The molecule has 1 N–H and O–H groups in total. The highest BCUT2D eigenvalue weighted by Crippen LogP contribution is 2.36. The summed E-state index contributed by atoms with van der Waals surface area (Å²) in [5.74, 6) is -0.0684. The topological polar surface area (TPSA) is 129 Å². The Labute approximate surface area is 216 Å². The Kier molecular flexibility index (Phi) is 7.02. The summed E-state index contributed by atoms with van der Waals surface area (Å²) in [6.45, 7) is 5.80. The highest BCUT2D eigenvalue weighted by molar-refractivity contribution is 5.87. The summed E-state index contributed by atoms with van der Waals surface area (Å²) in [5, 5.41) is 12.6. The normalized spacial score (nSPS) is 19.7. The third-order valence-electron chi connectivity index (χ3n) is 6.63. The van der Waals surface area contributed by atoms with E-state index >= 15 is 0 Å². The first kappa shape index (κ1) is 25.7. The van der Waals surface area contributed by atoms with Crippen LogP contribution in [-0.2, 0) is 28.7 Å². The summed E-state index contributed by atoms with van der Waals surface area (Å²) in [6.07, 6.45) is -1.15. The van der Waals surface area contributed by atoms with Crippen LogP contribution in [0.15, 0.2) is 18.9 Å². The fraction of sp³-hybridized carbons (Fsp3) is 0.500. The lowest BCUT2D eigenvalue weighted by molar-refractivity contribution is -0.142. The van der Waals surface area contributed by atoms with Gasteiger partial charge in [0, 0.05) is 37.4 Å². The Bertz CT molecular complexity index is 1280. The smallest absolute Gasteiger partial charge is 0.423 e. The van der Waals surface area contributed by atoms with Gasteiger partial charge in [-0.25, -0.2) is 15.0 Å². The minimum Gasteiger partial charge on any atom is -0.469 e. The molecule has 0 saturated carbocycles. The number of ether oxygens (including phenoxy) is 2. The van der Waals surface area contributed by atoms with Crippen LogP contribution in [0.4, 0.5) is 24.9 Å². The average Bonchev–Trinajstić information content (AvgIpc) is 2.88. The molecule has 5 rings (SSSR count). The zero-order valence-corrected chi connectivity index (χ0v) is 20.4. The Balaban J connectivity index is 1.35. The van der Waals surface area contributed by atoms with Gasteiger partial charge in [0.2, 0.25) is 23.6 Å². The average molecular weight is 531 g/mol. The molecule has 0 spiro atoms. The number of nitrogens with one attached hydrogen (secondary N) is 1. The quantitative estimate of drug-likeness (QED) is 0.554. The van der Waals surface area contributed by atoms with E-state index in [1.165, 1.54) is 6.08 Å². The fourth-order valence-electron chi connectivity index (χ4n) is 4.67. The van der Waals surface area contributed by atoms with Gasteiger partial charge in [0.25, 0.3) is 0 Å². The van der Waals surface area contributed by atoms with Crippen molar-refractivity contribution >= 4 is 17.7 Å². The zero-order valence-electron chi connectivity index (χ0n) is 20.4. The molecular formula is C24H25F3N8O3. The number of nitrogens with zero attached hydrogens (tertiary/aromatic N) is 7. The molecule has 2 saturated heterocycles. The Hall–Kier alpha value is -3.99. The number of anilines is 2. The van der Waals surface area contributed by atoms with E-state index in [-0.39, 0.29) is 43.5 Å². The van der Waals surface area contributed by atoms with Crippen LogP contribution in [0.2, 0.25) is 0 Å². The maximum atomic E-state index is 13.5. The molecule has 0 aromatic carbocycles. The van der Waals surface area contributed by atoms with E-state index in [9.17, 15) is 23.2 Å². The van der Waals surface area contributed by atoms with Gasteiger partial charge in [-0.3, -0.25) is 4.79 Å². The standard InChI is InChI=1S/C24H25F3N8O3/c1-2-20(36)34-7-5-16-18(11-34)31-19(8-28)32-21(16)35-6-3-4-14(10-35)30-23-29-9-17(24(25,26)27)22(33-23)38-15-12-37-13-15/h2,9,14-15H,1,3-7,10-13H2,(H,29,30,33)/t14-/m1/s1. The maximum absolute atomic E-state index is 13.5. The van der Waals surface area contributed by atoms with E-state index in [0.717, 1.165) is 24.6 Å². The van der Waals surface area contributed by atoms with Crippen molar-refractivity contribution in [1.29, 1.82) is 5.26 Å². The minimum absolute atomic E-state index is 0.00886. The second-order valence-electron chi connectivity index (χ2n) is 9.24. The van der Waals surface area contributed by atoms with Crippen LogP contribution in [0.5, 0.6) is 5.88 Å². The van der Waals surface area contributed by atoms with Gasteiger partial charge in [0.1, 0.15) is 23.6 Å². The first-order chi connectivity index (χ1) is 18.2. The largest absolute Gasteiger partial charge is 0.469 e. The van der Waals surface area contributed by atoms with E-state index < -0.39 is 23.7 Å². The summed E-state index contributed by atoms with van der Waals surface area (Å²) in [6, 6.07) is 1.80. The lowest BCUT2D eigenvalue weighted by Crippen LogP contribution is -2.44. The van der Waals surface area contributed by atoms with Crippen LogP contribution in [0.25, 0.3) is 0 Å². The van der Waals surface area contributed by atoms with Crippen molar-refractivity contribution < 1.29 is 27.4 Å². The van der Waals surface area contributed by atoms with Gasteiger partial charge >= 0.3 is 6.18 Å². The third-order valence-corrected chi connectivity index (χ3v) is 6.63. The first-order valence-corrected chi connectivity index (χ1v) is 12.2. The fourth-order valence-corrected chi connectivity index (χ4v) is 4.67. The van der Waals surface area contributed by atoms with Crippen molar-refractivity contribution in [1.82, 2.24) is 24.8 Å². The Morgan fingerprint density at radius 1 is 1.29 bits per heavy atom. The molecule has 5 heterocycles. The number of aromatic nitrogens is 4. The molecular weight excluding hydrogens is 505 g/mol.